The van der Waals surface area contributed by atoms with E-state index in [0.29, 0.717) is 17.0 Å². The van der Waals surface area contributed by atoms with Gasteiger partial charge in [0.05, 0.1) is 11.7 Å². The summed E-state index contributed by atoms with van der Waals surface area (Å²) < 4.78 is 5.49. The monoisotopic (exact) mass is 394 g/mol. The van der Waals surface area contributed by atoms with Gasteiger partial charge in [0.2, 0.25) is 0 Å². The van der Waals surface area contributed by atoms with Gasteiger partial charge in [-0.15, -0.1) is 0 Å². The summed E-state index contributed by atoms with van der Waals surface area (Å²) in [7, 11) is 0. The van der Waals surface area contributed by atoms with Crippen molar-refractivity contribution in [1.82, 2.24) is 4.90 Å². The van der Waals surface area contributed by atoms with Crippen molar-refractivity contribution in [2.24, 2.45) is 5.73 Å². The number of amides is 3. The van der Waals surface area contributed by atoms with Gasteiger partial charge in [-0.25, -0.2) is 4.79 Å². The van der Waals surface area contributed by atoms with Crippen molar-refractivity contribution in [2.45, 2.75) is 18.6 Å². The number of hydrogen-bond acceptors (Lipinski definition) is 6. The van der Waals surface area contributed by atoms with Crippen LogP contribution in [-0.2, 0) is 4.79 Å². The van der Waals surface area contributed by atoms with E-state index in [4.69, 9.17) is 15.7 Å². The van der Waals surface area contributed by atoms with Gasteiger partial charge in [0.15, 0.2) is 0 Å². The van der Waals surface area contributed by atoms with Crippen LogP contribution in [0.4, 0.5) is 10.5 Å². The number of para-hydroxylation sites is 2. The van der Waals surface area contributed by atoms with Crippen LogP contribution in [0.5, 0.6) is 5.75 Å². The number of aliphatic hydroxyl groups is 1. The summed E-state index contributed by atoms with van der Waals surface area (Å²) in [5.74, 6) is 0.0500. The SMILES string of the molecule is N#Cc1ccccc1OCC(O)C[C@@H](N)CN1C(=O)CN(c2ccccc2)C1=O. The average Bonchev–Trinajstić information content (AvgIpc) is 3.01. The quantitative estimate of drug-likeness (QED) is 0.655. The minimum Gasteiger partial charge on any atom is -0.490 e. The Morgan fingerprint density at radius 2 is 1.83 bits per heavy atom. The maximum Gasteiger partial charge on any atom is 0.331 e. The van der Waals surface area contributed by atoms with Gasteiger partial charge in [-0.2, -0.15) is 5.26 Å². The molecule has 2 aromatic rings. The number of aliphatic hydroxyl groups excluding tert-OH is 1. The highest BCUT2D eigenvalue weighted by Gasteiger charge is 2.37. The fraction of sp³-hybridized carbons (Fsp3) is 0.286. The van der Waals surface area contributed by atoms with Gasteiger partial charge in [-0.1, -0.05) is 30.3 Å². The number of ether oxygens (including phenoxy) is 1. The summed E-state index contributed by atoms with van der Waals surface area (Å²) in [4.78, 5) is 27.3. The van der Waals surface area contributed by atoms with E-state index < -0.39 is 18.2 Å². The number of nitrogens with two attached hydrogens (primary N) is 1. The van der Waals surface area contributed by atoms with Gasteiger partial charge in [0.1, 0.15) is 25.0 Å². The molecule has 0 spiro atoms. The zero-order valence-electron chi connectivity index (χ0n) is 15.8. The van der Waals surface area contributed by atoms with Crippen LogP contribution in [0.2, 0.25) is 0 Å². The van der Waals surface area contributed by atoms with Gasteiger partial charge in [0, 0.05) is 18.3 Å². The Labute approximate surface area is 168 Å². The molecule has 0 aromatic heterocycles. The summed E-state index contributed by atoms with van der Waals surface area (Å²) in [6.45, 7) is -0.0799. The maximum absolute atomic E-state index is 12.6. The molecular formula is C21H22N4O4. The molecule has 29 heavy (non-hydrogen) atoms. The largest absolute Gasteiger partial charge is 0.490 e. The van der Waals surface area contributed by atoms with Crippen LogP contribution >= 0.6 is 0 Å². The molecule has 2 aromatic carbocycles. The molecule has 2 atom stereocenters. The van der Waals surface area contributed by atoms with E-state index in [0.717, 1.165) is 4.90 Å². The number of carbonyl (C=O) groups is 2. The lowest BCUT2D eigenvalue weighted by atomic mass is 10.1. The van der Waals surface area contributed by atoms with Gasteiger partial charge in [-0.05, 0) is 30.7 Å². The fourth-order valence-electron chi connectivity index (χ4n) is 3.13. The number of imide groups is 1. The molecule has 3 rings (SSSR count). The predicted molar refractivity (Wildman–Crippen MR) is 106 cm³/mol. The zero-order valence-corrected chi connectivity index (χ0v) is 15.8. The molecule has 1 heterocycles. The molecular weight excluding hydrogens is 372 g/mol. The Balaban J connectivity index is 1.52. The van der Waals surface area contributed by atoms with E-state index in [-0.39, 0.29) is 32.0 Å². The molecule has 8 heteroatoms. The third kappa shape index (κ3) is 4.90. The van der Waals surface area contributed by atoms with E-state index >= 15 is 0 Å². The molecule has 1 unspecified atom stereocenters. The van der Waals surface area contributed by atoms with E-state index in [1.807, 2.05) is 12.1 Å². The minimum absolute atomic E-state index is 0.00679. The first-order valence-electron chi connectivity index (χ1n) is 9.22. The van der Waals surface area contributed by atoms with Crippen LogP contribution in [0.1, 0.15) is 12.0 Å². The van der Waals surface area contributed by atoms with Crippen LogP contribution < -0.4 is 15.4 Å². The van der Waals surface area contributed by atoms with Crippen molar-refractivity contribution in [3.05, 3.63) is 60.2 Å². The number of nitriles is 1. The Hall–Kier alpha value is -3.41. The van der Waals surface area contributed by atoms with Crippen molar-refractivity contribution >= 4 is 17.6 Å². The van der Waals surface area contributed by atoms with Gasteiger partial charge >= 0.3 is 6.03 Å². The highest BCUT2D eigenvalue weighted by atomic mass is 16.5. The van der Waals surface area contributed by atoms with Crippen molar-refractivity contribution in [3.8, 4) is 11.8 Å². The van der Waals surface area contributed by atoms with Crippen LogP contribution in [0, 0.1) is 11.3 Å². The van der Waals surface area contributed by atoms with Crippen LogP contribution in [0.15, 0.2) is 54.6 Å². The highest BCUT2D eigenvalue weighted by Crippen LogP contribution is 2.21. The third-order valence-corrected chi connectivity index (χ3v) is 4.55. The van der Waals surface area contributed by atoms with E-state index in [9.17, 15) is 14.7 Å². The second-order valence-corrected chi connectivity index (χ2v) is 6.78. The molecule has 150 valence electrons. The van der Waals surface area contributed by atoms with Gasteiger partial charge < -0.3 is 15.6 Å². The Bertz CT molecular complexity index is 912. The summed E-state index contributed by atoms with van der Waals surface area (Å²) >= 11 is 0. The number of benzene rings is 2. The summed E-state index contributed by atoms with van der Waals surface area (Å²) in [5, 5.41) is 19.2. The molecule has 8 nitrogen and oxygen atoms in total. The lowest BCUT2D eigenvalue weighted by Crippen LogP contribution is -2.44. The Morgan fingerprint density at radius 1 is 1.14 bits per heavy atom. The number of nitrogens with zero attached hydrogens (tertiary/aromatic N) is 3. The third-order valence-electron chi connectivity index (χ3n) is 4.55. The number of rotatable bonds is 8. The van der Waals surface area contributed by atoms with Crippen molar-refractivity contribution in [3.63, 3.8) is 0 Å². The van der Waals surface area contributed by atoms with Crippen molar-refractivity contribution in [2.75, 3.05) is 24.6 Å². The lowest BCUT2D eigenvalue weighted by molar-refractivity contribution is -0.125. The molecule has 1 aliphatic heterocycles. The molecule has 0 aliphatic carbocycles. The van der Waals surface area contributed by atoms with E-state index in [1.54, 1.807) is 48.5 Å². The fourth-order valence-corrected chi connectivity index (χ4v) is 3.13. The minimum atomic E-state index is -0.908. The van der Waals surface area contributed by atoms with Crippen molar-refractivity contribution < 1.29 is 19.4 Å². The first-order chi connectivity index (χ1) is 14.0. The highest BCUT2D eigenvalue weighted by molar-refractivity contribution is 6.12. The molecule has 1 aliphatic rings. The maximum atomic E-state index is 12.6. The molecule has 3 amide bonds. The molecule has 0 saturated carbocycles. The Kier molecular flexibility index (Phi) is 6.44. The second kappa shape index (κ2) is 9.19. The summed E-state index contributed by atoms with van der Waals surface area (Å²) in [6, 6.07) is 16.6. The number of carbonyl (C=O) groups excluding carboxylic acids is 2. The van der Waals surface area contributed by atoms with Crippen molar-refractivity contribution in [1.29, 1.82) is 5.26 Å². The van der Waals surface area contributed by atoms with E-state index in [2.05, 4.69) is 0 Å². The summed E-state index contributed by atoms with van der Waals surface area (Å²) in [6.07, 6.45) is -0.772. The van der Waals surface area contributed by atoms with Crippen LogP contribution in [-0.4, -0.2) is 53.8 Å². The van der Waals surface area contributed by atoms with Gasteiger partial charge in [-0.3, -0.25) is 14.6 Å². The smallest absolute Gasteiger partial charge is 0.331 e. The topological polar surface area (TPSA) is 120 Å². The van der Waals surface area contributed by atoms with Crippen LogP contribution in [0.25, 0.3) is 0 Å². The normalized spacial score (nSPS) is 15.9. The lowest BCUT2D eigenvalue weighted by Gasteiger charge is -2.22. The molecule has 3 N–H and O–H groups in total. The van der Waals surface area contributed by atoms with E-state index in [1.165, 1.54) is 4.90 Å². The Morgan fingerprint density at radius 3 is 2.55 bits per heavy atom. The molecule has 0 bridgehead atoms. The zero-order chi connectivity index (χ0) is 20.8. The summed E-state index contributed by atoms with van der Waals surface area (Å²) in [5.41, 5.74) is 7.07. The number of anilines is 1. The first kappa shape index (κ1) is 20.3. The molecule has 0 radical (unpaired) electrons. The number of urea groups is 1. The number of hydrogen-bond donors (Lipinski definition) is 2. The van der Waals surface area contributed by atoms with Gasteiger partial charge in [0.25, 0.3) is 5.91 Å². The average molecular weight is 394 g/mol. The molecule has 1 saturated heterocycles. The second-order valence-electron chi connectivity index (χ2n) is 6.78. The molecule has 1 fully saturated rings. The predicted octanol–water partition coefficient (Wildman–Crippen LogP) is 1.48. The van der Waals surface area contributed by atoms with Crippen LogP contribution in [0.3, 0.4) is 0 Å². The first-order valence-corrected chi connectivity index (χ1v) is 9.22. The standard InChI is InChI=1S/C21H22N4O4/c22-11-15-6-4-5-9-19(15)29-14-18(26)10-16(23)12-25-20(27)13-24(21(25)28)17-7-2-1-3-8-17/h1-9,16,18,26H,10,12-14,23H2/t16-,18?/m1/s1.